The van der Waals surface area contributed by atoms with Crippen LogP contribution in [-0.2, 0) is 24.0 Å². The summed E-state index contributed by atoms with van der Waals surface area (Å²) in [5.74, 6) is 0.322. The van der Waals surface area contributed by atoms with E-state index in [4.69, 9.17) is 23.7 Å². The molecule has 1 aromatic heterocycles. The van der Waals surface area contributed by atoms with Gasteiger partial charge in [-0.05, 0) is 95.4 Å². The van der Waals surface area contributed by atoms with Crippen LogP contribution in [0.25, 0.3) is 11.0 Å². The van der Waals surface area contributed by atoms with E-state index in [0.29, 0.717) is 41.2 Å². The molecular formula is C40H59N5O8. The van der Waals surface area contributed by atoms with Gasteiger partial charge >= 0.3 is 5.63 Å². The molecule has 6 aliphatic rings. The van der Waals surface area contributed by atoms with Gasteiger partial charge in [-0.15, -0.1) is 0 Å². The normalized spacial score (nSPS) is 32.9. The average Bonchev–Trinajstić information content (AvgIpc) is 3.38. The van der Waals surface area contributed by atoms with E-state index in [9.17, 15) is 14.4 Å². The second-order valence-corrected chi connectivity index (χ2v) is 16.2. The zero-order valence-electron chi connectivity index (χ0n) is 32.2. The molecule has 0 unspecified atom stereocenters. The minimum absolute atomic E-state index is 0.0527. The standard InChI is InChI=1S/C40H59N5O8/c1-6-45(7-2)29-12-11-28-23-30(37(48)49-34(28)24-29)36(47)42-17-16-41-35(46)25-44-21-19-43(20-22-44)18-8-9-33-27(4)32-13-10-26(3)31-14-15-39(5)51-38(50-33)40(31,32)53-52-39/h11-12,23-24,26-27,31-33,38H,6-10,13-22,25H2,1-5H3,(H,41,46)(H,42,47)/t26-,27-,31+,32+,33-,38-,39-,40-/m1/s1. The first-order valence-corrected chi connectivity index (χ1v) is 20.1. The second-order valence-electron chi connectivity index (χ2n) is 16.2. The van der Waals surface area contributed by atoms with Gasteiger partial charge in [-0.1, -0.05) is 13.8 Å². The monoisotopic (exact) mass is 737 g/mol. The Balaban J connectivity index is 0.805. The van der Waals surface area contributed by atoms with Crippen molar-refractivity contribution in [1.82, 2.24) is 20.4 Å². The van der Waals surface area contributed by atoms with Crippen LogP contribution >= 0.6 is 0 Å². The van der Waals surface area contributed by atoms with Crippen molar-refractivity contribution in [2.75, 3.05) is 70.3 Å². The third-order valence-corrected chi connectivity index (χ3v) is 12.9. The number of amides is 2. The summed E-state index contributed by atoms with van der Waals surface area (Å²) in [7, 11) is 0. The fourth-order valence-electron chi connectivity index (χ4n) is 9.77. The fourth-order valence-corrected chi connectivity index (χ4v) is 9.77. The number of carbonyl (C=O) groups is 2. The lowest BCUT2D eigenvalue weighted by atomic mass is 9.57. The van der Waals surface area contributed by atoms with Crippen LogP contribution in [0.3, 0.4) is 0 Å². The highest BCUT2D eigenvalue weighted by Gasteiger charge is 2.69. The number of fused-ring (bicyclic) bond motifs is 3. The third kappa shape index (κ3) is 7.75. The van der Waals surface area contributed by atoms with Crippen LogP contribution in [-0.4, -0.2) is 111 Å². The van der Waals surface area contributed by atoms with E-state index < -0.39 is 22.9 Å². The molecule has 2 amide bonds. The molecule has 53 heavy (non-hydrogen) atoms. The van der Waals surface area contributed by atoms with Gasteiger partial charge in [0.2, 0.25) is 11.7 Å². The summed E-state index contributed by atoms with van der Waals surface area (Å²) in [6.07, 6.45) is 5.97. The van der Waals surface area contributed by atoms with E-state index in [1.807, 2.05) is 25.1 Å². The van der Waals surface area contributed by atoms with Crippen molar-refractivity contribution >= 4 is 28.5 Å². The number of rotatable bonds is 13. The number of piperazine rings is 1. The van der Waals surface area contributed by atoms with Crippen molar-refractivity contribution in [2.45, 2.75) is 96.9 Å². The number of anilines is 1. The zero-order chi connectivity index (χ0) is 37.3. The van der Waals surface area contributed by atoms with Gasteiger partial charge in [0.1, 0.15) is 11.1 Å². The van der Waals surface area contributed by atoms with Crippen LogP contribution in [0.1, 0.15) is 83.5 Å². The number of nitrogens with zero attached hydrogens (tertiary/aromatic N) is 3. The SMILES string of the molecule is CCN(CC)c1ccc2cc(C(=O)NCCNC(=O)CN3CCN(CCC[C@H]4O[C@@H]5O[C@@]6(C)CC[C@H]7[C@H](C)CC[C@@H]([C@H]4C)[C@@]57OO6)CC3)c(=O)oc2c1. The summed E-state index contributed by atoms with van der Waals surface area (Å²) in [4.78, 5) is 57.2. The van der Waals surface area contributed by atoms with E-state index in [0.717, 1.165) is 83.6 Å². The minimum Gasteiger partial charge on any atom is -0.422 e. The lowest BCUT2D eigenvalue weighted by molar-refractivity contribution is -0.571. The summed E-state index contributed by atoms with van der Waals surface area (Å²) in [6, 6.07) is 7.21. The Morgan fingerprint density at radius 1 is 0.943 bits per heavy atom. The van der Waals surface area contributed by atoms with E-state index in [-0.39, 0.29) is 37.0 Å². The number of hydrogen-bond donors (Lipinski definition) is 2. The van der Waals surface area contributed by atoms with Crippen LogP contribution in [0.15, 0.2) is 33.5 Å². The maximum atomic E-state index is 12.8. The van der Waals surface area contributed by atoms with Gasteiger partial charge in [0.15, 0.2) is 11.9 Å². The van der Waals surface area contributed by atoms with Crippen LogP contribution < -0.4 is 21.2 Å². The Hall–Kier alpha value is -3.07. The fraction of sp³-hybridized carbons (Fsp3) is 0.725. The molecule has 2 N–H and O–H groups in total. The summed E-state index contributed by atoms with van der Waals surface area (Å²) in [5, 5.41) is 6.30. The van der Waals surface area contributed by atoms with Gasteiger partial charge in [0.25, 0.3) is 5.91 Å². The maximum Gasteiger partial charge on any atom is 0.349 e. The molecule has 8 atom stereocenters. The van der Waals surface area contributed by atoms with E-state index in [1.54, 1.807) is 6.07 Å². The molecular weight excluding hydrogens is 678 g/mol. The number of benzene rings is 1. The summed E-state index contributed by atoms with van der Waals surface area (Å²) < 4.78 is 18.8. The van der Waals surface area contributed by atoms with Crippen LogP contribution in [0.2, 0.25) is 0 Å². The van der Waals surface area contributed by atoms with Gasteiger partial charge < -0.3 is 34.3 Å². The van der Waals surface area contributed by atoms with Crippen molar-refractivity contribution in [3.63, 3.8) is 0 Å². The van der Waals surface area contributed by atoms with E-state index >= 15 is 0 Å². The molecule has 1 saturated carbocycles. The first kappa shape index (κ1) is 38.2. The Kier molecular flexibility index (Phi) is 11.5. The molecule has 1 aromatic carbocycles. The minimum atomic E-state index is -0.746. The van der Waals surface area contributed by atoms with Gasteiger partial charge in [-0.2, -0.15) is 0 Å². The molecule has 5 saturated heterocycles. The van der Waals surface area contributed by atoms with Gasteiger partial charge in [-0.3, -0.25) is 14.5 Å². The highest BCUT2D eigenvalue weighted by molar-refractivity contribution is 5.97. The third-order valence-electron chi connectivity index (χ3n) is 12.9. The van der Waals surface area contributed by atoms with Crippen molar-refractivity contribution in [3.8, 4) is 0 Å². The summed E-state index contributed by atoms with van der Waals surface area (Å²) >= 11 is 0. The molecule has 2 bridgehead atoms. The molecule has 6 fully saturated rings. The van der Waals surface area contributed by atoms with Gasteiger partial charge in [0, 0.05) is 81.8 Å². The number of hydrogen-bond acceptors (Lipinski definition) is 11. The summed E-state index contributed by atoms with van der Waals surface area (Å²) in [6.45, 7) is 17.7. The van der Waals surface area contributed by atoms with Crippen molar-refractivity contribution in [1.29, 1.82) is 0 Å². The Morgan fingerprint density at radius 2 is 1.70 bits per heavy atom. The van der Waals surface area contributed by atoms with Crippen molar-refractivity contribution in [2.24, 2.45) is 23.7 Å². The predicted molar refractivity (Wildman–Crippen MR) is 200 cm³/mol. The van der Waals surface area contributed by atoms with Crippen LogP contribution in [0.4, 0.5) is 5.69 Å². The Bertz CT molecular complexity index is 1680. The first-order valence-electron chi connectivity index (χ1n) is 20.1. The van der Waals surface area contributed by atoms with Gasteiger partial charge in [-0.25, -0.2) is 14.6 Å². The highest BCUT2D eigenvalue weighted by Crippen LogP contribution is 2.60. The first-order chi connectivity index (χ1) is 25.5. The lowest BCUT2D eigenvalue weighted by Crippen LogP contribution is -2.70. The lowest BCUT2D eigenvalue weighted by Gasteiger charge is -2.60. The number of nitrogens with one attached hydrogen (secondary N) is 2. The zero-order valence-corrected chi connectivity index (χ0v) is 32.2. The van der Waals surface area contributed by atoms with Gasteiger partial charge in [0.05, 0.1) is 12.6 Å². The van der Waals surface area contributed by atoms with Crippen LogP contribution in [0, 0.1) is 23.7 Å². The molecule has 13 nitrogen and oxygen atoms in total. The van der Waals surface area contributed by atoms with Crippen LogP contribution in [0.5, 0.6) is 0 Å². The predicted octanol–water partition coefficient (Wildman–Crippen LogP) is 4.13. The summed E-state index contributed by atoms with van der Waals surface area (Å²) in [5.41, 5.74) is 0.164. The quantitative estimate of drug-likeness (QED) is 0.175. The van der Waals surface area contributed by atoms with E-state index in [2.05, 4.69) is 53.0 Å². The molecule has 1 aliphatic carbocycles. The molecule has 8 rings (SSSR count). The maximum absolute atomic E-state index is 12.8. The average molecular weight is 738 g/mol. The van der Waals surface area contributed by atoms with Crippen molar-refractivity contribution < 1.29 is 33.3 Å². The topological polar surface area (TPSA) is 135 Å². The largest absolute Gasteiger partial charge is 0.422 e. The number of carbonyl (C=O) groups excluding carboxylic acids is 2. The molecule has 13 heteroatoms. The molecule has 5 aliphatic heterocycles. The molecule has 2 aromatic rings. The molecule has 1 spiro atoms. The molecule has 6 heterocycles. The Labute approximate surface area is 312 Å². The second kappa shape index (κ2) is 16.0. The molecule has 0 radical (unpaired) electrons. The Morgan fingerprint density at radius 3 is 2.47 bits per heavy atom. The van der Waals surface area contributed by atoms with E-state index in [1.165, 1.54) is 6.42 Å². The highest BCUT2D eigenvalue weighted by atomic mass is 17.3. The smallest absolute Gasteiger partial charge is 0.349 e. The van der Waals surface area contributed by atoms with Crippen molar-refractivity contribution in [3.05, 3.63) is 40.2 Å². The number of ether oxygens (including phenoxy) is 2. The molecule has 292 valence electrons.